The molecule has 0 bridgehead atoms. The summed E-state index contributed by atoms with van der Waals surface area (Å²) < 4.78 is 0.0713. The van der Waals surface area contributed by atoms with Gasteiger partial charge in [0, 0.05) is 0 Å². The van der Waals surface area contributed by atoms with Crippen LogP contribution in [0.4, 0.5) is 0 Å². The molecule has 4 aromatic carbocycles. The van der Waals surface area contributed by atoms with Gasteiger partial charge in [0.25, 0.3) is 0 Å². The van der Waals surface area contributed by atoms with Gasteiger partial charge in [0.15, 0.2) is 0 Å². The Hall–Kier alpha value is -1.96. The zero-order valence-corrected chi connectivity index (χ0v) is 46.2. The Morgan fingerprint density at radius 2 is 0.767 bits per heavy atom. The number of hydrogen-bond donors (Lipinski definition) is 0. The van der Waals surface area contributed by atoms with Gasteiger partial charge in [-0.05, 0) is 0 Å². The molecule has 0 nitrogen and oxygen atoms in total. The van der Waals surface area contributed by atoms with E-state index in [2.05, 4.69) is 211 Å². The van der Waals surface area contributed by atoms with Crippen molar-refractivity contribution < 1.29 is 15.6 Å². The normalized spacial score (nSPS) is 18.2. The molecule has 0 aromatic heterocycles. The molecule has 0 N–H and O–H groups in total. The van der Waals surface area contributed by atoms with Crippen LogP contribution in [0.5, 0.6) is 0 Å². The third-order valence-electron chi connectivity index (χ3n) is 14.3. The van der Waals surface area contributed by atoms with E-state index in [9.17, 15) is 0 Å². The van der Waals surface area contributed by atoms with Crippen molar-refractivity contribution in [3.05, 3.63) is 127 Å². The Balaban J connectivity index is 1.64. The van der Waals surface area contributed by atoms with Crippen LogP contribution in [0.1, 0.15) is 199 Å². The summed E-state index contributed by atoms with van der Waals surface area (Å²) in [5, 5.41) is 0. The van der Waals surface area contributed by atoms with Gasteiger partial charge in [0.05, 0.1) is 0 Å². The molecule has 4 heteroatoms. The van der Waals surface area contributed by atoms with E-state index in [1.165, 1.54) is 89.0 Å². The number of benzene rings is 4. The van der Waals surface area contributed by atoms with E-state index < -0.39 is 21.5 Å². The average molecular weight is 940 g/mol. The number of fused-ring (bicyclic) bond motifs is 2. The number of hydrogen-bond acceptors (Lipinski definition) is 0. The molecule has 6 rings (SSSR count). The van der Waals surface area contributed by atoms with Crippen molar-refractivity contribution in [1.82, 2.24) is 0 Å². The third kappa shape index (κ3) is 8.18. The predicted molar refractivity (Wildman–Crippen MR) is 270 cm³/mol. The number of allylic oxidation sites excluding steroid dienone is 2. The first-order chi connectivity index (χ1) is 27.3. The van der Waals surface area contributed by atoms with E-state index in [4.69, 9.17) is 17.0 Å². The topological polar surface area (TPSA) is 0 Å². The second kappa shape index (κ2) is 15.6. The minimum atomic E-state index is -4.98. The van der Waals surface area contributed by atoms with Crippen LogP contribution in [-0.4, -0.2) is 5.92 Å². The van der Waals surface area contributed by atoms with Gasteiger partial charge < -0.3 is 0 Å². The summed E-state index contributed by atoms with van der Waals surface area (Å²) in [6.07, 6.45) is 5.01. The Morgan fingerprint density at radius 3 is 1.00 bits per heavy atom. The first-order valence-electron chi connectivity index (χ1n) is 22.9. The zero-order valence-electron chi connectivity index (χ0n) is 41.1. The molecule has 2 aliphatic carbocycles. The maximum absolute atomic E-state index is 8.88. The summed E-state index contributed by atoms with van der Waals surface area (Å²) in [6, 6.07) is 24.5. The van der Waals surface area contributed by atoms with E-state index in [0.717, 1.165) is 0 Å². The molecular formula is C56H77Cl2SiZr. The van der Waals surface area contributed by atoms with Gasteiger partial charge in [0.2, 0.25) is 0 Å². The number of halogens is 2. The van der Waals surface area contributed by atoms with Crippen LogP contribution in [0.2, 0.25) is 13.1 Å². The van der Waals surface area contributed by atoms with Gasteiger partial charge in [-0.2, -0.15) is 0 Å². The summed E-state index contributed by atoms with van der Waals surface area (Å²) in [6.45, 7) is 47.1. The molecule has 0 spiro atoms. The Kier molecular flexibility index (Phi) is 12.4. The molecule has 0 saturated heterocycles. The zero-order chi connectivity index (χ0) is 45.1. The molecule has 2 unspecified atom stereocenters. The first kappa shape index (κ1) is 47.5. The van der Waals surface area contributed by atoms with E-state index in [1.54, 1.807) is 0 Å². The van der Waals surface area contributed by atoms with Crippen molar-refractivity contribution in [3.8, 4) is 22.3 Å². The molecule has 0 amide bonds. The van der Waals surface area contributed by atoms with Gasteiger partial charge in [-0.25, -0.2) is 0 Å². The average Bonchev–Trinajstić information content (AvgIpc) is 3.65. The molecule has 323 valence electrons. The molecule has 0 saturated carbocycles. The molecular weight excluding hydrogens is 863 g/mol. The van der Waals surface area contributed by atoms with Crippen molar-refractivity contribution in [1.29, 1.82) is 0 Å². The second-order valence-corrected chi connectivity index (χ2v) is 66.5. The van der Waals surface area contributed by atoms with Crippen molar-refractivity contribution in [3.63, 3.8) is 0 Å². The second-order valence-electron chi connectivity index (χ2n) is 24.0. The summed E-state index contributed by atoms with van der Waals surface area (Å²) in [5.41, 5.74) is 21.8. The van der Waals surface area contributed by atoms with Crippen molar-refractivity contribution in [2.24, 2.45) is 0 Å². The van der Waals surface area contributed by atoms with Crippen LogP contribution in [0.25, 0.3) is 34.4 Å². The molecule has 0 fully saturated rings. The molecule has 0 aliphatic heterocycles. The number of rotatable bonds is 7. The molecule has 60 heavy (non-hydrogen) atoms. The van der Waals surface area contributed by atoms with Gasteiger partial charge >= 0.3 is 379 Å². The fourth-order valence-electron chi connectivity index (χ4n) is 10.4. The predicted octanol–water partition coefficient (Wildman–Crippen LogP) is 18.1. The fraction of sp³-hybridized carbons (Fsp3) is 0.500. The molecule has 0 radical (unpaired) electrons. The van der Waals surface area contributed by atoms with Gasteiger partial charge in [-0.1, -0.05) is 0 Å². The Bertz CT molecular complexity index is 2180. The van der Waals surface area contributed by atoms with Crippen LogP contribution in [-0.2, 0) is 37.2 Å². The fourth-order valence-corrected chi connectivity index (χ4v) is 43.3. The monoisotopic (exact) mass is 937 g/mol. The first-order valence-corrected chi connectivity index (χ1v) is 39.2. The quantitative estimate of drug-likeness (QED) is 0.162. The van der Waals surface area contributed by atoms with E-state index in [-0.39, 0.29) is 28.9 Å². The van der Waals surface area contributed by atoms with Crippen LogP contribution in [0.3, 0.4) is 0 Å². The van der Waals surface area contributed by atoms with Gasteiger partial charge in [-0.3, -0.25) is 0 Å². The summed E-state index contributed by atoms with van der Waals surface area (Å²) >= 11 is -4.98. The van der Waals surface area contributed by atoms with Gasteiger partial charge in [-0.15, -0.1) is 0 Å². The molecule has 4 aromatic rings. The van der Waals surface area contributed by atoms with Crippen LogP contribution in [0, 0.1) is 0 Å². The molecule has 0 heterocycles. The molecule has 2 atom stereocenters. The van der Waals surface area contributed by atoms with Crippen LogP contribution in [0.15, 0.2) is 71.8 Å². The Labute approximate surface area is 375 Å². The SMILES string of the molecule is CC1=Cc2c(ccc(C(C)C)c2-c2cc(C(C)(C)C)cc(C(C)(C)C)c2)[CH]1[Zr]([Cl])([Cl])([CH]1C(C)=Cc2c1ccc(C(C)C)c2-c1cc(C(C)(C)C)cc(C(C)(C)C)c1)[SiH](C)C. The third-order valence-corrected chi connectivity index (χ3v) is 66.5. The summed E-state index contributed by atoms with van der Waals surface area (Å²) in [7, 11) is 17.8. The van der Waals surface area contributed by atoms with E-state index in [1.807, 2.05) is 0 Å². The van der Waals surface area contributed by atoms with Crippen LogP contribution < -0.4 is 0 Å². The van der Waals surface area contributed by atoms with Gasteiger partial charge in [0.1, 0.15) is 0 Å². The van der Waals surface area contributed by atoms with E-state index in [0.29, 0.717) is 11.8 Å². The van der Waals surface area contributed by atoms with E-state index >= 15 is 0 Å². The van der Waals surface area contributed by atoms with Crippen molar-refractivity contribution >= 4 is 35.1 Å². The molecule has 2 aliphatic rings. The Morgan fingerprint density at radius 1 is 0.483 bits per heavy atom. The summed E-state index contributed by atoms with van der Waals surface area (Å²) in [4.78, 5) is 0. The maximum atomic E-state index is 8.88. The van der Waals surface area contributed by atoms with Crippen molar-refractivity contribution in [2.45, 2.75) is 178 Å². The minimum absolute atomic E-state index is 0.0157. The standard InChI is InChI=1S/2C27H35.C2H7Si.2ClH.Zr/c2*1-17(2)23-11-10-19-12-18(3)13-24(19)25(23)20-14-21(26(4,5)6)16-22(15-20)27(7,8)9;1-3-2;;;/h2*10-17H,1-9H3;3H,1-2H3;2*1H;/q;;;;;+2/p-2. The van der Waals surface area contributed by atoms with Crippen molar-refractivity contribution in [2.75, 3.05) is 0 Å². The summed E-state index contributed by atoms with van der Waals surface area (Å²) in [5.74, 6) is -1.00. The van der Waals surface area contributed by atoms with Crippen LogP contribution >= 0.6 is 17.0 Å².